The molecule has 1 amide bonds. The first-order valence-electron chi connectivity index (χ1n) is 8.93. The number of anilines is 1. The van der Waals surface area contributed by atoms with Crippen molar-refractivity contribution in [3.8, 4) is 11.5 Å². The molecule has 0 aliphatic rings. The van der Waals surface area contributed by atoms with Crippen molar-refractivity contribution in [2.24, 2.45) is 0 Å². The first-order chi connectivity index (χ1) is 14.0. The maximum absolute atomic E-state index is 13.2. The summed E-state index contributed by atoms with van der Waals surface area (Å²) in [6.07, 6.45) is 4.71. The summed E-state index contributed by atoms with van der Waals surface area (Å²) in [6.45, 7) is 3.74. The molecule has 0 radical (unpaired) electrons. The summed E-state index contributed by atoms with van der Waals surface area (Å²) in [5.41, 5.74) is 3.75. The molecule has 3 heterocycles. The molecule has 0 saturated heterocycles. The molecule has 0 aliphatic carbocycles. The van der Waals surface area contributed by atoms with Crippen LogP contribution in [0.15, 0.2) is 55.2 Å². The minimum atomic E-state index is -0.307. The van der Waals surface area contributed by atoms with E-state index < -0.39 is 0 Å². The Hall–Kier alpha value is -3.88. The molecule has 0 bridgehead atoms. The Labute approximate surface area is 166 Å². The van der Waals surface area contributed by atoms with E-state index >= 15 is 0 Å². The summed E-state index contributed by atoms with van der Waals surface area (Å²) in [4.78, 5) is 20.7. The van der Waals surface area contributed by atoms with Gasteiger partial charge in [-0.25, -0.2) is 23.7 Å². The van der Waals surface area contributed by atoms with Gasteiger partial charge in [0.25, 0.3) is 0 Å². The number of carbonyl (C=O) groups excluding carboxylic acids is 1. The zero-order chi connectivity index (χ0) is 20.4. The zero-order valence-electron chi connectivity index (χ0n) is 15.9. The van der Waals surface area contributed by atoms with Crippen molar-refractivity contribution in [2.45, 2.75) is 20.3 Å². The third-order valence-corrected chi connectivity index (χ3v) is 4.53. The topological polar surface area (TPSA) is 90.5 Å². The van der Waals surface area contributed by atoms with Crippen molar-refractivity contribution in [1.82, 2.24) is 29.5 Å². The lowest BCUT2D eigenvalue weighted by molar-refractivity contribution is -0.115. The molecule has 0 aliphatic heterocycles. The number of hydrogen-bond donors (Lipinski definition) is 1. The molecule has 29 heavy (non-hydrogen) atoms. The molecular weight excluding hydrogens is 373 g/mol. The van der Waals surface area contributed by atoms with Crippen LogP contribution in [0.25, 0.3) is 11.5 Å². The summed E-state index contributed by atoms with van der Waals surface area (Å²) in [5, 5.41) is 11.3. The Balaban J connectivity index is 1.48. The van der Waals surface area contributed by atoms with Crippen LogP contribution >= 0.6 is 0 Å². The van der Waals surface area contributed by atoms with Gasteiger partial charge in [0.05, 0.1) is 29.7 Å². The van der Waals surface area contributed by atoms with E-state index in [1.54, 1.807) is 41.5 Å². The number of benzene rings is 1. The Kier molecular flexibility index (Phi) is 4.86. The molecule has 9 heteroatoms. The highest BCUT2D eigenvalue weighted by Gasteiger charge is 2.16. The summed E-state index contributed by atoms with van der Waals surface area (Å²) in [6, 6.07) is 9.57. The van der Waals surface area contributed by atoms with Crippen LogP contribution in [0.5, 0.6) is 0 Å². The summed E-state index contributed by atoms with van der Waals surface area (Å²) in [7, 11) is 0. The van der Waals surface area contributed by atoms with Gasteiger partial charge in [-0.3, -0.25) is 4.79 Å². The number of aryl methyl sites for hydroxylation is 1. The number of hydrogen-bond acceptors (Lipinski definition) is 5. The highest BCUT2D eigenvalue weighted by atomic mass is 19.1. The minimum Gasteiger partial charge on any atom is -0.324 e. The van der Waals surface area contributed by atoms with E-state index in [4.69, 9.17) is 0 Å². The number of carbonyl (C=O) groups is 1. The lowest BCUT2D eigenvalue weighted by Gasteiger charge is -2.07. The van der Waals surface area contributed by atoms with Crippen LogP contribution in [0, 0.1) is 19.7 Å². The van der Waals surface area contributed by atoms with E-state index in [-0.39, 0.29) is 18.1 Å². The van der Waals surface area contributed by atoms with Crippen LogP contribution in [0.3, 0.4) is 0 Å². The van der Waals surface area contributed by atoms with Crippen LogP contribution in [0.4, 0.5) is 10.1 Å². The third-order valence-electron chi connectivity index (χ3n) is 4.53. The summed E-state index contributed by atoms with van der Waals surface area (Å²) < 4.78 is 16.4. The standard InChI is InChI=1S/C20H18FN7O/c1-13-18(14(2)28(26-13)17-6-3-15(21)4-7-17)9-20(29)25-16-5-8-19(23-10-16)27-12-22-11-24-27/h3-8,10-12H,9H2,1-2H3,(H,25,29). The fourth-order valence-corrected chi connectivity index (χ4v) is 3.05. The second kappa shape index (κ2) is 7.63. The Bertz CT molecular complexity index is 1130. The van der Waals surface area contributed by atoms with E-state index in [9.17, 15) is 9.18 Å². The molecule has 8 nitrogen and oxygen atoms in total. The van der Waals surface area contributed by atoms with E-state index in [1.165, 1.54) is 23.1 Å². The van der Waals surface area contributed by atoms with Crippen molar-refractivity contribution in [1.29, 1.82) is 0 Å². The zero-order valence-corrected chi connectivity index (χ0v) is 15.9. The van der Waals surface area contributed by atoms with Gasteiger partial charge >= 0.3 is 0 Å². The van der Waals surface area contributed by atoms with Crippen molar-refractivity contribution < 1.29 is 9.18 Å². The smallest absolute Gasteiger partial charge is 0.228 e. The first-order valence-corrected chi connectivity index (χ1v) is 8.93. The number of rotatable bonds is 5. The molecular formula is C20H18FN7O. The Morgan fingerprint density at radius 1 is 1.14 bits per heavy atom. The fourth-order valence-electron chi connectivity index (χ4n) is 3.05. The molecule has 146 valence electrons. The molecule has 0 spiro atoms. The molecule has 0 fully saturated rings. The van der Waals surface area contributed by atoms with Crippen molar-refractivity contribution in [2.75, 3.05) is 5.32 Å². The normalized spacial score (nSPS) is 10.9. The molecule has 4 rings (SSSR count). The van der Waals surface area contributed by atoms with Gasteiger partial charge in [0.2, 0.25) is 5.91 Å². The van der Waals surface area contributed by atoms with Gasteiger partial charge in [0.1, 0.15) is 18.5 Å². The van der Waals surface area contributed by atoms with Gasteiger partial charge in [-0.2, -0.15) is 10.2 Å². The highest BCUT2D eigenvalue weighted by Crippen LogP contribution is 2.19. The molecule has 0 atom stereocenters. The lowest BCUT2D eigenvalue weighted by atomic mass is 10.1. The van der Waals surface area contributed by atoms with Gasteiger partial charge in [0.15, 0.2) is 5.82 Å². The summed E-state index contributed by atoms with van der Waals surface area (Å²) >= 11 is 0. The number of aromatic nitrogens is 6. The highest BCUT2D eigenvalue weighted by molar-refractivity contribution is 5.92. The van der Waals surface area contributed by atoms with Gasteiger partial charge in [-0.05, 0) is 50.2 Å². The number of nitrogens with one attached hydrogen (secondary N) is 1. The SMILES string of the molecule is Cc1nn(-c2ccc(F)cc2)c(C)c1CC(=O)Nc1ccc(-n2cncn2)nc1. The summed E-state index contributed by atoms with van der Waals surface area (Å²) in [5.74, 6) is 0.122. The van der Waals surface area contributed by atoms with Gasteiger partial charge < -0.3 is 5.32 Å². The number of amides is 1. The molecule has 0 unspecified atom stereocenters. The molecule has 1 N–H and O–H groups in total. The second-order valence-electron chi connectivity index (χ2n) is 6.51. The monoisotopic (exact) mass is 391 g/mol. The van der Waals surface area contributed by atoms with Gasteiger partial charge in [-0.15, -0.1) is 0 Å². The largest absolute Gasteiger partial charge is 0.324 e. The molecule has 4 aromatic rings. The molecule has 1 aromatic carbocycles. The molecule has 3 aromatic heterocycles. The van der Waals surface area contributed by atoms with Gasteiger partial charge in [-0.1, -0.05) is 0 Å². The van der Waals surface area contributed by atoms with Crippen LogP contribution in [0.2, 0.25) is 0 Å². The lowest BCUT2D eigenvalue weighted by Crippen LogP contribution is -2.15. The minimum absolute atomic E-state index is 0.170. The van der Waals surface area contributed by atoms with E-state index in [0.29, 0.717) is 11.5 Å². The number of nitrogens with zero attached hydrogens (tertiary/aromatic N) is 6. The number of pyridine rings is 1. The number of halogens is 1. The van der Waals surface area contributed by atoms with E-state index in [1.807, 2.05) is 13.8 Å². The van der Waals surface area contributed by atoms with Crippen LogP contribution in [0.1, 0.15) is 17.0 Å². The fraction of sp³-hybridized carbons (Fsp3) is 0.150. The van der Waals surface area contributed by atoms with Crippen LogP contribution in [-0.2, 0) is 11.2 Å². The Morgan fingerprint density at radius 3 is 2.59 bits per heavy atom. The average Bonchev–Trinajstić information content (AvgIpc) is 3.34. The Morgan fingerprint density at radius 2 is 1.93 bits per heavy atom. The van der Waals surface area contributed by atoms with Crippen LogP contribution < -0.4 is 5.32 Å². The van der Waals surface area contributed by atoms with Crippen molar-refractivity contribution in [3.63, 3.8) is 0 Å². The van der Waals surface area contributed by atoms with E-state index in [0.717, 1.165) is 22.6 Å². The van der Waals surface area contributed by atoms with Crippen LogP contribution in [-0.4, -0.2) is 35.4 Å². The average molecular weight is 391 g/mol. The second-order valence-corrected chi connectivity index (χ2v) is 6.51. The van der Waals surface area contributed by atoms with E-state index in [2.05, 4.69) is 25.5 Å². The molecule has 0 saturated carbocycles. The maximum atomic E-state index is 13.2. The van der Waals surface area contributed by atoms with Gasteiger partial charge in [0, 0.05) is 11.3 Å². The maximum Gasteiger partial charge on any atom is 0.228 e. The van der Waals surface area contributed by atoms with Crippen molar-refractivity contribution in [3.05, 3.63) is 78.0 Å². The first kappa shape index (κ1) is 18.5. The van der Waals surface area contributed by atoms with Crippen molar-refractivity contribution >= 4 is 11.6 Å². The quantitative estimate of drug-likeness (QED) is 0.565. The third kappa shape index (κ3) is 3.88. The predicted molar refractivity (Wildman–Crippen MR) is 104 cm³/mol. The predicted octanol–water partition coefficient (Wildman–Crippen LogP) is 2.79.